The van der Waals surface area contributed by atoms with Crippen molar-refractivity contribution in [2.24, 2.45) is 0 Å². The van der Waals surface area contributed by atoms with Gasteiger partial charge in [0.25, 0.3) is 15.9 Å². The van der Waals surface area contributed by atoms with Gasteiger partial charge in [-0.25, -0.2) is 18.4 Å². The molecule has 3 rings (SSSR count). The van der Waals surface area contributed by atoms with Crippen LogP contribution in [0.3, 0.4) is 0 Å². The number of fused-ring (bicyclic) bond motifs is 1. The molecule has 0 aliphatic rings. The number of carbonyl (C=O) groups is 1. The number of aromatic nitrogens is 2. The Balaban J connectivity index is 2.13. The largest absolute Gasteiger partial charge is 0.478 e. The second kappa shape index (κ2) is 7.72. The van der Waals surface area contributed by atoms with E-state index in [0.717, 1.165) is 0 Å². The molecule has 1 aromatic heterocycles. The number of nitrogens with zero attached hydrogens (tertiary/aromatic N) is 3. The van der Waals surface area contributed by atoms with E-state index in [-0.39, 0.29) is 22.5 Å². The molecule has 0 radical (unpaired) electrons. The lowest BCUT2D eigenvalue weighted by atomic mass is 10.1. The van der Waals surface area contributed by atoms with Crippen molar-refractivity contribution < 1.29 is 17.9 Å². The molecule has 8 nitrogen and oxygen atoms in total. The van der Waals surface area contributed by atoms with Crippen LogP contribution in [0.15, 0.2) is 52.1 Å². The Morgan fingerprint density at radius 2 is 1.86 bits per heavy atom. The van der Waals surface area contributed by atoms with Crippen LogP contribution in [-0.4, -0.2) is 38.5 Å². The lowest BCUT2D eigenvalue weighted by Crippen LogP contribution is -2.23. The highest BCUT2D eigenvalue weighted by Gasteiger charge is 2.22. The van der Waals surface area contributed by atoms with Crippen LogP contribution in [0.5, 0.6) is 5.88 Å². The van der Waals surface area contributed by atoms with Crippen molar-refractivity contribution in [1.29, 1.82) is 0 Å². The normalized spacial score (nSPS) is 11.3. The number of rotatable bonds is 5. The van der Waals surface area contributed by atoms with Crippen molar-refractivity contribution in [3.63, 3.8) is 0 Å². The van der Waals surface area contributed by atoms with Crippen LogP contribution >= 0.6 is 15.9 Å². The summed E-state index contributed by atoms with van der Waals surface area (Å²) in [6.45, 7) is 1.44. The zero-order chi connectivity index (χ0) is 20.5. The first kappa shape index (κ1) is 20.0. The minimum atomic E-state index is -4.00. The predicted octanol–water partition coefficient (Wildman–Crippen LogP) is 3.18. The van der Waals surface area contributed by atoms with Gasteiger partial charge in [0.15, 0.2) is 0 Å². The molecule has 0 spiro atoms. The first-order valence-corrected chi connectivity index (χ1v) is 10.4. The fraction of sp³-hybridized carbons (Fsp3) is 0.167. The van der Waals surface area contributed by atoms with E-state index in [9.17, 15) is 13.2 Å². The third-order valence-corrected chi connectivity index (χ3v) is 5.90. The molecule has 0 saturated heterocycles. The summed E-state index contributed by atoms with van der Waals surface area (Å²) in [5.74, 6) is -0.149. The number of sulfonamides is 1. The Bertz CT molecular complexity index is 1170. The van der Waals surface area contributed by atoms with E-state index in [1.165, 1.54) is 31.2 Å². The van der Waals surface area contributed by atoms with Gasteiger partial charge < -0.3 is 9.64 Å². The van der Waals surface area contributed by atoms with Gasteiger partial charge in [0.05, 0.1) is 23.9 Å². The number of carbonyl (C=O) groups excluding carboxylic acids is 1. The molecular weight excluding hydrogens is 448 g/mol. The third kappa shape index (κ3) is 3.78. The van der Waals surface area contributed by atoms with Crippen molar-refractivity contribution in [1.82, 2.24) is 9.97 Å². The lowest BCUT2D eigenvalue weighted by Gasteiger charge is -2.18. The van der Waals surface area contributed by atoms with Crippen LogP contribution in [0, 0.1) is 0 Å². The zero-order valence-electron chi connectivity index (χ0n) is 15.3. The van der Waals surface area contributed by atoms with E-state index in [2.05, 4.69) is 30.6 Å². The van der Waals surface area contributed by atoms with E-state index in [1.807, 2.05) is 0 Å². The SMILES string of the molecule is COc1nc(Br)cnc1NS(=O)(=O)c1cccc2c(N(C)C(C)=O)cccc12. The van der Waals surface area contributed by atoms with Crippen LogP contribution in [0.2, 0.25) is 0 Å². The summed E-state index contributed by atoms with van der Waals surface area (Å²) in [5, 5.41) is 1.11. The smallest absolute Gasteiger partial charge is 0.263 e. The van der Waals surface area contributed by atoms with Crippen molar-refractivity contribution >= 4 is 54.1 Å². The van der Waals surface area contributed by atoms with E-state index in [0.29, 0.717) is 21.1 Å². The predicted molar refractivity (Wildman–Crippen MR) is 110 cm³/mol. The van der Waals surface area contributed by atoms with Gasteiger partial charge in [-0.05, 0) is 28.1 Å². The molecule has 146 valence electrons. The van der Waals surface area contributed by atoms with Crippen LogP contribution < -0.4 is 14.4 Å². The van der Waals surface area contributed by atoms with E-state index in [4.69, 9.17) is 4.74 Å². The number of amides is 1. The van der Waals surface area contributed by atoms with Gasteiger partial charge in [0.1, 0.15) is 4.60 Å². The maximum atomic E-state index is 13.1. The maximum absolute atomic E-state index is 13.1. The second-order valence-corrected chi connectivity index (χ2v) is 8.33. The molecule has 10 heteroatoms. The second-order valence-electron chi connectivity index (χ2n) is 5.86. The first-order valence-electron chi connectivity index (χ1n) is 8.10. The Morgan fingerprint density at radius 1 is 1.18 bits per heavy atom. The van der Waals surface area contributed by atoms with Crippen LogP contribution in [0.25, 0.3) is 10.8 Å². The molecule has 1 amide bonds. The Kier molecular flexibility index (Phi) is 5.52. The van der Waals surface area contributed by atoms with Crippen molar-refractivity contribution in [3.05, 3.63) is 47.2 Å². The molecule has 28 heavy (non-hydrogen) atoms. The minimum absolute atomic E-state index is 0.0280. The zero-order valence-corrected chi connectivity index (χ0v) is 17.7. The minimum Gasteiger partial charge on any atom is -0.478 e. The average Bonchev–Trinajstić information content (AvgIpc) is 2.67. The number of methoxy groups -OCH3 is 1. The molecule has 0 bridgehead atoms. The van der Waals surface area contributed by atoms with Crippen molar-refractivity contribution in [3.8, 4) is 5.88 Å². The first-order chi connectivity index (χ1) is 13.2. The quantitative estimate of drug-likeness (QED) is 0.621. The van der Waals surface area contributed by atoms with Crippen LogP contribution in [0.1, 0.15) is 6.92 Å². The van der Waals surface area contributed by atoms with Gasteiger partial charge in [-0.1, -0.05) is 24.3 Å². The number of ether oxygens (including phenoxy) is 1. The van der Waals surface area contributed by atoms with Crippen LogP contribution in [0.4, 0.5) is 11.5 Å². The summed E-state index contributed by atoms with van der Waals surface area (Å²) in [6.07, 6.45) is 1.36. The highest BCUT2D eigenvalue weighted by Crippen LogP contribution is 2.32. The summed E-state index contributed by atoms with van der Waals surface area (Å²) in [5.41, 5.74) is 0.614. The summed E-state index contributed by atoms with van der Waals surface area (Å²) < 4.78 is 34.0. The van der Waals surface area contributed by atoms with E-state index >= 15 is 0 Å². The lowest BCUT2D eigenvalue weighted by molar-refractivity contribution is -0.116. The molecular formula is C18H17BrN4O4S. The maximum Gasteiger partial charge on any atom is 0.263 e. The highest BCUT2D eigenvalue weighted by molar-refractivity contribution is 9.10. The number of benzene rings is 2. The molecule has 0 atom stereocenters. The Hall–Kier alpha value is -2.72. The fourth-order valence-corrected chi connectivity index (χ4v) is 4.20. The standard InChI is InChI=1S/C18H17BrN4O4S/c1-11(24)23(2)14-8-4-7-13-12(14)6-5-9-15(13)28(25,26)22-17-18(27-3)21-16(19)10-20-17/h4-10H,1-3H3,(H,20,22). The van der Waals surface area contributed by atoms with E-state index in [1.54, 1.807) is 37.4 Å². The number of halogens is 1. The molecule has 1 heterocycles. The third-order valence-electron chi connectivity index (χ3n) is 4.12. The van der Waals surface area contributed by atoms with Gasteiger partial charge in [0.2, 0.25) is 11.7 Å². The molecule has 0 unspecified atom stereocenters. The topological polar surface area (TPSA) is 101 Å². The van der Waals surface area contributed by atoms with Gasteiger partial charge in [-0.15, -0.1) is 0 Å². The van der Waals surface area contributed by atoms with E-state index < -0.39 is 10.0 Å². The molecule has 0 fully saturated rings. The number of hydrogen-bond acceptors (Lipinski definition) is 6. The number of hydrogen-bond donors (Lipinski definition) is 1. The number of anilines is 2. The summed E-state index contributed by atoms with van der Waals surface area (Å²) in [6, 6.07) is 10.0. The van der Waals surface area contributed by atoms with Gasteiger partial charge in [-0.2, -0.15) is 0 Å². The fourth-order valence-electron chi connectivity index (χ4n) is 2.71. The van der Waals surface area contributed by atoms with Gasteiger partial charge in [0, 0.05) is 24.7 Å². The summed E-state index contributed by atoms with van der Waals surface area (Å²) >= 11 is 3.16. The molecule has 1 N–H and O–H groups in total. The summed E-state index contributed by atoms with van der Waals surface area (Å²) in [4.78, 5) is 21.4. The number of nitrogens with one attached hydrogen (secondary N) is 1. The average molecular weight is 465 g/mol. The molecule has 0 aliphatic carbocycles. The highest BCUT2D eigenvalue weighted by atomic mass is 79.9. The molecule has 2 aromatic carbocycles. The van der Waals surface area contributed by atoms with Crippen molar-refractivity contribution in [2.45, 2.75) is 11.8 Å². The molecule has 3 aromatic rings. The Morgan fingerprint density at radius 3 is 2.54 bits per heavy atom. The monoisotopic (exact) mass is 464 g/mol. The van der Waals surface area contributed by atoms with Crippen LogP contribution in [-0.2, 0) is 14.8 Å². The molecule has 0 saturated carbocycles. The Labute approximate surface area is 170 Å². The van der Waals surface area contributed by atoms with Crippen molar-refractivity contribution in [2.75, 3.05) is 23.8 Å². The molecule has 0 aliphatic heterocycles. The van der Waals surface area contributed by atoms with Gasteiger partial charge in [-0.3, -0.25) is 9.52 Å². The van der Waals surface area contributed by atoms with Gasteiger partial charge >= 0.3 is 0 Å². The summed E-state index contributed by atoms with van der Waals surface area (Å²) in [7, 11) is -0.991.